The first-order chi connectivity index (χ1) is 16.5. The van der Waals surface area contributed by atoms with Crippen LogP contribution in [0.1, 0.15) is 47.5 Å². The zero-order valence-corrected chi connectivity index (χ0v) is 21.8. The molecule has 0 fully saturated rings. The van der Waals surface area contributed by atoms with E-state index >= 15 is 0 Å². The molecule has 1 aromatic heterocycles. The first kappa shape index (κ1) is 26.4. The molecule has 0 aliphatic rings. The molecule has 0 saturated carbocycles. The third kappa shape index (κ3) is 6.68. The van der Waals surface area contributed by atoms with Crippen LogP contribution in [0.3, 0.4) is 0 Å². The van der Waals surface area contributed by atoms with Gasteiger partial charge in [0, 0.05) is 26.7 Å². The van der Waals surface area contributed by atoms with Gasteiger partial charge in [0.25, 0.3) is 0 Å². The molecule has 3 aromatic rings. The Morgan fingerprint density at radius 1 is 1.06 bits per heavy atom. The number of ether oxygens (including phenoxy) is 2. The van der Waals surface area contributed by atoms with Gasteiger partial charge in [-0.15, -0.1) is 0 Å². The number of methoxy groups -OCH3 is 1. The van der Waals surface area contributed by atoms with Gasteiger partial charge in [0.15, 0.2) is 5.60 Å². The highest BCUT2D eigenvalue weighted by Gasteiger charge is 2.30. The van der Waals surface area contributed by atoms with Crippen LogP contribution < -0.4 is 4.74 Å². The summed E-state index contributed by atoms with van der Waals surface area (Å²) in [5.74, 6) is -0.387. The van der Waals surface area contributed by atoms with Gasteiger partial charge in [-0.25, -0.2) is 4.79 Å². The predicted octanol–water partition coefficient (Wildman–Crippen LogP) is 4.39. The molecule has 0 aliphatic carbocycles. The van der Waals surface area contributed by atoms with Crippen LogP contribution in [-0.2, 0) is 22.6 Å². The van der Waals surface area contributed by atoms with E-state index in [1.54, 1.807) is 25.8 Å². The van der Waals surface area contributed by atoms with E-state index in [1.165, 1.54) is 0 Å². The molecule has 0 saturated heterocycles. The van der Waals surface area contributed by atoms with Crippen molar-refractivity contribution in [1.29, 1.82) is 0 Å². The lowest BCUT2D eigenvalue weighted by Gasteiger charge is -2.26. The highest BCUT2D eigenvalue weighted by atomic mass is 16.5. The second kappa shape index (κ2) is 11.0. The van der Waals surface area contributed by atoms with Crippen molar-refractivity contribution in [3.63, 3.8) is 0 Å². The number of carboxylic acid groups (broad SMARTS) is 1. The number of aryl methyl sites for hydroxylation is 4. The Morgan fingerprint density at radius 2 is 1.74 bits per heavy atom. The van der Waals surface area contributed by atoms with Gasteiger partial charge in [-0.1, -0.05) is 24.3 Å². The van der Waals surface area contributed by atoms with Crippen LogP contribution in [0.4, 0.5) is 0 Å². The summed E-state index contributed by atoms with van der Waals surface area (Å²) in [5, 5.41) is 18.8. The van der Waals surface area contributed by atoms with Crippen LogP contribution in [0.15, 0.2) is 36.4 Å². The molecule has 0 bridgehead atoms. The predicted molar refractivity (Wildman–Crippen MR) is 135 cm³/mol. The summed E-state index contributed by atoms with van der Waals surface area (Å²) in [6.45, 7) is 13.7. The molecular weight excluding hydrogens is 444 g/mol. The Morgan fingerprint density at radius 3 is 2.34 bits per heavy atom. The number of hydrogen-bond donors (Lipinski definition) is 1. The molecule has 0 spiro atoms. The molecule has 8 heteroatoms. The Bertz CT molecular complexity index is 1160. The maximum Gasteiger partial charge on any atom is 0.347 e. The van der Waals surface area contributed by atoms with E-state index < -0.39 is 11.6 Å². The first-order valence-corrected chi connectivity index (χ1v) is 11.7. The second-order valence-corrected chi connectivity index (χ2v) is 9.54. The van der Waals surface area contributed by atoms with E-state index in [-0.39, 0.29) is 0 Å². The molecule has 2 aromatic carbocycles. The fraction of sp³-hybridized carbons (Fsp3) is 0.444. The van der Waals surface area contributed by atoms with Crippen LogP contribution in [-0.4, -0.2) is 56.8 Å². The third-order valence-corrected chi connectivity index (χ3v) is 5.89. The second-order valence-electron chi connectivity index (χ2n) is 9.54. The summed E-state index contributed by atoms with van der Waals surface area (Å²) < 4.78 is 11.2. The van der Waals surface area contributed by atoms with Gasteiger partial charge in [-0.3, -0.25) is 4.90 Å². The lowest BCUT2D eigenvalue weighted by atomic mass is 10.0. The van der Waals surface area contributed by atoms with Crippen molar-refractivity contribution < 1.29 is 19.4 Å². The van der Waals surface area contributed by atoms with Gasteiger partial charge in [0.1, 0.15) is 11.4 Å². The molecule has 0 atom stereocenters. The quantitative estimate of drug-likeness (QED) is 0.435. The van der Waals surface area contributed by atoms with Gasteiger partial charge in [0.05, 0.1) is 18.0 Å². The standard InChI is InChI=1S/C27H36N4O4/c1-18-9-8-10-23(13-18)31-28-21(4)24(29-31)17-30(11-12-34-7)16-22-14-19(2)25(20(3)15-22)35-27(5,6)26(32)33/h8-10,13-15H,11-12,16-17H2,1-7H3,(H,32,33). The fourth-order valence-electron chi connectivity index (χ4n) is 3.92. The normalized spacial score (nSPS) is 11.8. The number of nitrogens with zero attached hydrogens (tertiary/aromatic N) is 4. The minimum Gasteiger partial charge on any atom is -0.478 e. The van der Waals surface area contributed by atoms with Gasteiger partial charge in [-0.05, 0) is 75.9 Å². The van der Waals surface area contributed by atoms with Crippen molar-refractivity contribution in [2.24, 2.45) is 0 Å². The Kier molecular flexibility index (Phi) is 8.30. The number of aromatic nitrogens is 3. The van der Waals surface area contributed by atoms with Crippen molar-refractivity contribution in [1.82, 2.24) is 19.9 Å². The van der Waals surface area contributed by atoms with E-state index in [2.05, 4.69) is 41.2 Å². The molecule has 35 heavy (non-hydrogen) atoms. The maximum atomic E-state index is 11.5. The number of rotatable bonds is 11. The number of carbonyl (C=O) groups is 1. The number of hydrogen-bond acceptors (Lipinski definition) is 6. The largest absolute Gasteiger partial charge is 0.478 e. The summed E-state index contributed by atoms with van der Waals surface area (Å²) in [5.41, 5.74) is 5.52. The fourth-order valence-corrected chi connectivity index (χ4v) is 3.92. The molecule has 0 amide bonds. The lowest BCUT2D eigenvalue weighted by molar-refractivity contribution is -0.152. The van der Waals surface area contributed by atoms with Crippen molar-refractivity contribution in [2.75, 3.05) is 20.3 Å². The topological polar surface area (TPSA) is 89.7 Å². The Hall–Kier alpha value is -3.23. The van der Waals surface area contributed by atoms with Crippen LogP contribution in [0.2, 0.25) is 0 Å². The molecule has 1 N–H and O–H groups in total. The summed E-state index contributed by atoms with van der Waals surface area (Å²) in [6.07, 6.45) is 0. The Labute approximate surface area is 207 Å². The highest BCUT2D eigenvalue weighted by molar-refractivity contribution is 5.77. The molecule has 188 valence electrons. The molecular formula is C27H36N4O4. The van der Waals surface area contributed by atoms with Gasteiger partial charge in [0.2, 0.25) is 0 Å². The average Bonchev–Trinajstić information content (AvgIpc) is 3.14. The number of aliphatic carboxylic acids is 1. The molecule has 3 rings (SSSR count). The van der Waals surface area contributed by atoms with E-state index in [0.29, 0.717) is 25.4 Å². The molecule has 0 unspecified atom stereocenters. The third-order valence-electron chi connectivity index (χ3n) is 5.89. The molecule has 0 radical (unpaired) electrons. The number of carboxylic acids is 1. The highest BCUT2D eigenvalue weighted by Crippen LogP contribution is 2.29. The molecule has 1 heterocycles. The average molecular weight is 481 g/mol. The minimum atomic E-state index is -1.30. The van der Waals surface area contributed by atoms with Gasteiger partial charge >= 0.3 is 5.97 Å². The van der Waals surface area contributed by atoms with Crippen LogP contribution in [0.25, 0.3) is 5.69 Å². The molecule has 8 nitrogen and oxygen atoms in total. The SMILES string of the molecule is COCCN(Cc1cc(C)c(OC(C)(C)C(=O)O)c(C)c1)Cc1nn(-c2cccc(C)c2)nc1C. The minimum absolute atomic E-state index is 0.594. The van der Waals surface area contributed by atoms with Crippen molar-refractivity contribution in [3.8, 4) is 11.4 Å². The van der Waals surface area contributed by atoms with E-state index in [0.717, 1.165) is 45.9 Å². The maximum absolute atomic E-state index is 11.5. The summed E-state index contributed by atoms with van der Waals surface area (Å²) in [4.78, 5) is 15.5. The van der Waals surface area contributed by atoms with Gasteiger partial charge in [-0.2, -0.15) is 15.0 Å². The zero-order chi connectivity index (χ0) is 25.8. The van der Waals surface area contributed by atoms with Crippen molar-refractivity contribution in [3.05, 3.63) is 70.0 Å². The van der Waals surface area contributed by atoms with E-state index in [4.69, 9.17) is 14.6 Å². The zero-order valence-electron chi connectivity index (χ0n) is 21.8. The summed E-state index contributed by atoms with van der Waals surface area (Å²) in [7, 11) is 1.70. The molecule has 0 aliphatic heterocycles. The van der Waals surface area contributed by atoms with Crippen LogP contribution in [0.5, 0.6) is 5.75 Å². The first-order valence-electron chi connectivity index (χ1n) is 11.7. The van der Waals surface area contributed by atoms with E-state index in [9.17, 15) is 9.90 Å². The van der Waals surface area contributed by atoms with Gasteiger partial charge < -0.3 is 14.6 Å². The van der Waals surface area contributed by atoms with Crippen LogP contribution in [0, 0.1) is 27.7 Å². The lowest BCUT2D eigenvalue weighted by Crippen LogP contribution is -2.38. The van der Waals surface area contributed by atoms with E-state index in [1.807, 2.05) is 32.9 Å². The summed E-state index contributed by atoms with van der Waals surface area (Å²) >= 11 is 0. The summed E-state index contributed by atoms with van der Waals surface area (Å²) in [6, 6.07) is 12.2. The number of benzene rings is 2. The smallest absolute Gasteiger partial charge is 0.347 e. The van der Waals surface area contributed by atoms with Crippen molar-refractivity contribution in [2.45, 2.75) is 60.2 Å². The Balaban J connectivity index is 1.82. The van der Waals surface area contributed by atoms with Crippen molar-refractivity contribution >= 4 is 5.97 Å². The monoisotopic (exact) mass is 480 g/mol. The van der Waals surface area contributed by atoms with Crippen LogP contribution >= 0.6 is 0 Å².